The second-order valence-corrected chi connectivity index (χ2v) is 7.91. The number of benzene rings is 1. The molecular weight excluding hydrogens is 312 g/mol. The molecule has 0 N–H and O–H groups in total. The Morgan fingerprint density at radius 2 is 1.83 bits per heavy atom. The number of hydrogen-bond acceptors (Lipinski definition) is 3. The molecule has 0 fully saturated rings. The summed E-state index contributed by atoms with van der Waals surface area (Å²) in [6.07, 6.45) is 2.57. The van der Waals surface area contributed by atoms with E-state index in [0.29, 0.717) is 19.6 Å². The molecule has 0 unspecified atom stereocenters. The summed E-state index contributed by atoms with van der Waals surface area (Å²) >= 11 is 0. The van der Waals surface area contributed by atoms with Gasteiger partial charge in [0.25, 0.3) is 0 Å². The fraction of sp³-hybridized carbons (Fsp3) is 0.588. The van der Waals surface area contributed by atoms with Gasteiger partial charge in [-0.1, -0.05) is 32.0 Å². The van der Waals surface area contributed by atoms with Gasteiger partial charge in [0.2, 0.25) is 15.9 Å². The Kier molecular flexibility index (Phi) is 6.04. The lowest BCUT2D eigenvalue weighted by molar-refractivity contribution is -0.130. The Morgan fingerprint density at radius 3 is 2.48 bits per heavy atom. The lowest BCUT2D eigenvalue weighted by Crippen LogP contribution is -2.36. The van der Waals surface area contributed by atoms with E-state index in [9.17, 15) is 13.2 Å². The van der Waals surface area contributed by atoms with Crippen LogP contribution in [0.3, 0.4) is 0 Å². The van der Waals surface area contributed by atoms with Crippen LogP contribution >= 0.6 is 0 Å². The minimum Gasteiger partial charge on any atom is -0.343 e. The van der Waals surface area contributed by atoms with Crippen LogP contribution in [0.4, 0.5) is 5.69 Å². The number of sulfonamides is 1. The van der Waals surface area contributed by atoms with Crippen molar-refractivity contribution >= 4 is 21.6 Å². The molecule has 1 amide bonds. The number of nitrogens with zero attached hydrogens (tertiary/aromatic N) is 2. The normalized spacial score (nSPS) is 13.9. The van der Waals surface area contributed by atoms with Crippen molar-refractivity contribution in [2.75, 3.05) is 29.7 Å². The molecule has 23 heavy (non-hydrogen) atoms. The molecule has 0 aromatic heterocycles. The summed E-state index contributed by atoms with van der Waals surface area (Å²) in [4.78, 5) is 14.0. The van der Waals surface area contributed by atoms with Gasteiger partial charge < -0.3 is 4.90 Å². The van der Waals surface area contributed by atoms with Crippen LogP contribution in [-0.2, 0) is 21.2 Å². The zero-order chi connectivity index (χ0) is 16.9. The van der Waals surface area contributed by atoms with E-state index in [-0.39, 0.29) is 18.1 Å². The SMILES string of the molecule is CCCN(CCC)C(=O)CCS(=O)(=O)N1CCc2ccccc21. The van der Waals surface area contributed by atoms with Crippen molar-refractivity contribution in [1.82, 2.24) is 4.90 Å². The second kappa shape index (κ2) is 7.81. The quantitative estimate of drug-likeness (QED) is 0.731. The fourth-order valence-corrected chi connectivity index (χ4v) is 4.48. The van der Waals surface area contributed by atoms with Crippen molar-refractivity contribution < 1.29 is 13.2 Å². The molecule has 6 heteroatoms. The Balaban J connectivity index is 2.01. The van der Waals surface area contributed by atoms with Crippen molar-refractivity contribution in [1.29, 1.82) is 0 Å². The molecule has 2 rings (SSSR count). The first-order valence-electron chi connectivity index (χ1n) is 8.35. The Morgan fingerprint density at radius 1 is 1.17 bits per heavy atom. The van der Waals surface area contributed by atoms with Crippen LogP contribution in [0.15, 0.2) is 24.3 Å². The van der Waals surface area contributed by atoms with E-state index in [2.05, 4.69) is 0 Å². The minimum absolute atomic E-state index is 0.0565. The zero-order valence-corrected chi connectivity index (χ0v) is 14.8. The summed E-state index contributed by atoms with van der Waals surface area (Å²) in [7, 11) is -3.45. The van der Waals surface area contributed by atoms with Gasteiger partial charge in [-0.2, -0.15) is 0 Å². The number of anilines is 1. The Bertz CT molecular complexity index is 637. The molecule has 0 saturated carbocycles. The topological polar surface area (TPSA) is 57.7 Å². The molecule has 0 aliphatic carbocycles. The predicted molar refractivity (Wildman–Crippen MR) is 93.1 cm³/mol. The van der Waals surface area contributed by atoms with Crippen molar-refractivity contribution in [3.05, 3.63) is 29.8 Å². The average Bonchev–Trinajstić information content (AvgIpc) is 2.97. The van der Waals surface area contributed by atoms with Gasteiger partial charge in [0.15, 0.2) is 0 Å². The largest absolute Gasteiger partial charge is 0.343 e. The summed E-state index contributed by atoms with van der Waals surface area (Å²) in [6, 6.07) is 7.57. The molecule has 1 aromatic rings. The van der Waals surface area contributed by atoms with Crippen molar-refractivity contribution in [3.8, 4) is 0 Å². The van der Waals surface area contributed by atoms with Gasteiger partial charge in [0, 0.05) is 26.1 Å². The molecule has 1 aliphatic rings. The molecule has 0 radical (unpaired) electrons. The number of amides is 1. The van der Waals surface area contributed by atoms with Crippen molar-refractivity contribution in [2.24, 2.45) is 0 Å². The van der Waals surface area contributed by atoms with Crippen LogP contribution in [0, 0.1) is 0 Å². The van der Waals surface area contributed by atoms with Gasteiger partial charge in [-0.25, -0.2) is 8.42 Å². The van der Waals surface area contributed by atoms with Gasteiger partial charge in [-0.3, -0.25) is 9.10 Å². The molecule has 0 spiro atoms. The third kappa shape index (κ3) is 4.25. The third-order valence-corrected chi connectivity index (χ3v) is 5.86. The van der Waals surface area contributed by atoms with Gasteiger partial charge in [0.1, 0.15) is 0 Å². The summed E-state index contributed by atoms with van der Waals surface area (Å²) < 4.78 is 26.6. The summed E-state index contributed by atoms with van der Waals surface area (Å²) in [5.74, 6) is -0.186. The monoisotopic (exact) mass is 338 g/mol. The molecule has 0 atom stereocenters. The first kappa shape index (κ1) is 17.8. The lowest BCUT2D eigenvalue weighted by atomic mass is 10.2. The van der Waals surface area contributed by atoms with Crippen molar-refractivity contribution in [2.45, 2.75) is 39.5 Å². The summed E-state index contributed by atoms with van der Waals surface area (Å²) in [6.45, 7) is 5.91. The van der Waals surface area contributed by atoms with Crippen LogP contribution in [0.25, 0.3) is 0 Å². The first-order chi connectivity index (χ1) is 11.0. The second-order valence-electron chi connectivity index (χ2n) is 5.90. The maximum Gasteiger partial charge on any atom is 0.235 e. The molecule has 128 valence electrons. The van der Waals surface area contributed by atoms with Crippen LogP contribution in [0.5, 0.6) is 0 Å². The van der Waals surface area contributed by atoms with E-state index in [1.807, 2.05) is 38.1 Å². The molecular formula is C17H26N2O3S. The molecule has 1 aromatic carbocycles. The fourth-order valence-electron chi connectivity index (χ4n) is 2.98. The maximum atomic E-state index is 12.6. The van der Waals surface area contributed by atoms with E-state index in [4.69, 9.17) is 0 Å². The Labute approximate surface area is 139 Å². The number of para-hydroxylation sites is 1. The predicted octanol–water partition coefficient (Wildman–Crippen LogP) is 2.42. The molecule has 5 nitrogen and oxygen atoms in total. The van der Waals surface area contributed by atoms with E-state index in [1.165, 1.54) is 4.31 Å². The van der Waals surface area contributed by atoms with Gasteiger partial charge >= 0.3 is 0 Å². The number of carbonyl (C=O) groups excluding carboxylic acids is 1. The standard InChI is InChI=1S/C17H26N2O3S/c1-3-11-18(12-4-2)17(20)10-14-23(21,22)19-13-9-15-7-5-6-8-16(15)19/h5-8H,3-4,9-14H2,1-2H3. The molecule has 0 bridgehead atoms. The lowest BCUT2D eigenvalue weighted by Gasteiger charge is -2.23. The number of fused-ring (bicyclic) bond motifs is 1. The minimum atomic E-state index is -3.45. The highest BCUT2D eigenvalue weighted by Crippen LogP contribution is 2.30. The van der Waals surface area contributed by atoms with Crippen LogP contribution < -0.4 is 4.31 Å². The van der Waals surface area contributed by atoms with E-state index in [1.54, 1.807) is 4.90 Å². The molecule has 1 aliphatic heterocycles. The third-order valence-electron chi connectivity index (χ3n) is 4.09. The smallest absolute Gasteiger partial charge is 0.235 e. The Hall–Kier alpha value is -1.56. The zero-order valence-electron chi connectivity index (χ0n) is 14.0. The van der Waals surface area contributed by atoms with Crippen molar-refractivity contribution in [3.63, 3.8) is 0 Å². The highest BCUT2D eigenvalue weighted by Gasteiger charge is 2.29. The van der Waals surface area contributed by atoms with Gasteiger partial charge in [0.05, 0.1) is 11.4 Å². The van der Waals surface area contributed by atoms with Crippen LogP contribution in [0.1, 0.15) is 38.7 Å². The highest BCUT2D eigenvalue weighted by atomic mass is 32.2. The van der Waals surface area contributed by atoms with Crippen LogP contribution in [-0.4, -0.2) is 44.6 Å². The van der Waals surface area contributed by atoms with E-state index < -0.39 is 10.0 Å². The average molecular weight is 338 g/mol. The van der Waals surface area contributed by atoms with Gasteiger partial charge in [-0.15, -0.1) is 0 Å². The number of hydrogen-bond donors (Lipinski definition) is 0. The van der Waals surface area contributed by atoms with E-state index >= 15 is 0 Å². The molecule has 1 heterocycles. The van der Waals surface area contributed by atoms with Crippen LogP contribution in [0.2, 0.25) is 0 Å². The summed E-state index contributed by atoms with van der Waals surface area (Å²) in [5.41, 5.74) is 1.82. The number of rotatable bonds is 8. The first-order valence-corrected chi connectivity index (χ1v) is 9.96. The number of carbonyl (C=O) groups is 1. The van der Waals surface area contributed by atoms with E-state index in [0.717, 1.165) is 30.5 Å². The maximum absolute atomic E-state index is 12.6. The highest BCUT2D eigenvalue weighted by molar-refractivity contribution is 7.92. The molecule has 0 saturated heterocycles. The summed E-state index contributed by atoms with van der Waals surface area (Å²) in [5, 5.41) is 0. The van der Waals surface area contributed by atoms with Gasteiger partial charge in [-0.05, 0) is 30.9 Å².